The SMILES string of the molecule is CCc1cc2c(NCC(=O)OC)nc(NN)nc2s1. The Labute approximate surface area is 114 Å². The Morgan fingerprint density at radius 1 is 1.53 bits per heavy atom. The number of nitrogens with zero attached hydrogens (tertiary/aromatic N) is 2. The molecule has 0 saturated carbocycles. The molecule has 0 fully saturated rings. The molecule has 102 valence electrons. The Morgan fingerprint density at radius 2 is 2.32 bits per heavy atom. The molecule has 0 aromatic carbocycles. The van der Waals surface area contributed by atoms with Crippen LogP contribution in [0.4, 0.5) is 11.8 Å². The maximum Gasteiger partial charge on any atom is 0.325 e. The van der Waals surface area contributed by atoms with Crippen LogP contribution < -0.4 is 16.6 Å². The van der Waals surface area contributed by atoms with Crippen LogP contribution in [0.25, 0.3) is 10.2 Å². The summed E-state index contributed by atoms with van der Waals surface area (Å²) in [6, 6.07) is 2.01. The van der Waals surface area contributed by atoms with Crippen LogP contribution in [0.1, 0.15) is 11.8 Å². The van der Waals surface area contributed by atoms with Crippen LogP contribution in [0.5, 0.6) is 0 Å². The quantitative estimate of drug-likeness (QED) is 0.429. The lowest BCUT2D eigenvalue weighted by Gasteiger charge is -2.07. The number of fused-ring (bicyclic) bond motifs is 1. The smallest absolute Gasteiger partial charge is 0.325 e. The molecule has 2 aromatic heterocycles. The third kappa shape index (κ3) is 2.91. The Hall–Kier alpha value is -1.93. The fourth-order valence-corrected chi connectivity index (χ4v) is 2.54. The lowest BCUT2D eigenvalue weighted by Crippen LogP contribution is -2.17. The van der Waals surface area contributed by atoms with E-state index in [4.69, 9.17) is 5.84 Å². The number of nitrogen functional groups attached to an aromatic ring is 1. The number of ether oxygens (including phenoxy) is 1. The van der Waals surface area contributed by atoms with Crippen molar-refractivity contribution in [3.8, 4) is 0 Å². The number of hydrogen-bond donors (Lipinski definition) is 3. The molecule has 0 bridgehead atoms. The van der Waals surface area contributed by atoms with Crippen molar-refractivity contribution >= 4 is 39.3 Å². The largest absolute Gasteiger partial charge is 0.468 e. The summed E-state index contributed by atoms with van der Waals surface area (Å²) < 4.78 is 4.58. The average Bonchev–Trinajstić information content (AvgIpc) is 2.86. The molecule has 7 nitrogen and oxygen atoms in total. The van der Waals surface area contributed by atoms with Gasteiger partial charge in [-0.1, -0.05) is 6.92 Å². The van der Waals surface area contributed by atoms with Crippen molar-refractivity contribution in [1.29, 1.82) is 0 Å². The minimum Gasteiger partial charge on any atom is -0.468 e. The number of carbonyl (C=O) groups is 1. The van der Waals surface area contributed by atoms with E-state index in [2.05, 4.69) is 32.4 Å². The van der Waals surface area contributed by atoms with Crippen molar-refractivity contribution < 1.29 is 9.53 Å². The normalized spacial score (nSPS) is 10.5. The molecule has 0 amide bonds. The van der Waals surface area contributed by atoms with Gasteiger partial charge in [0.1, 0.15) is 17.2 Å². The summed E-state index contributed by atoms with van der Waals surface area (Å²) in [5.41, 5.74) is 2.42. The lowest BCUT2D eigenvalue weighted by molar-refractivity contribution is -0.138. The zero-order valence-electron chi connectivity index (χ0n) is 10.7. The van der Waals surface area contributed by atoms with Gasteiger partial charge in [0.15, 0.2) is 0 Å². The Bertz CT molecular complexity index is 598. The van der Waals surface area contributed by atoms with Crippen molar-refractivity contribution in [3.05, 3.63) is 10.9 Å². The maximum atomic E-state index is 11.2. The summed E-state index contributed by atoms with van der Waals surface area (Å²) in [4.78, 5) is 21.7. The van der Waals surface area contributed by atoms with Gasteiger partial charge in [0.25, 0.3) is 0 Å². The van der Waals surface area contributed by atoms with E-state index in [0.717, 1.165) is 16.6 Å². The highest BCUT2D eigenvalue weighted by molar-refractivity contribution is 7.18. The fourth-order valence-electron chi connectivity index (χ4n) is 1.57. The summed E-state index contributed by atoms with van der Waals surface area (Å²) in [6.45, 7) is 2.12. The average molecular weight is 281 g/mol. The molecule has 0 radical (unpaired) electrons. The molecule has 0 spiro atoms. The molecular weight excluding hydrogens is 266 g/mol. The van der Waals surface area contributed by atoms with E-state index >= 15 is 0 Å². The highest BCUT2D eigenvalue weighted by atomic mass is 32.1. The maximum absolute atomic E-state index is 11.2. The number of aromatic nitrogens is 2. The molecule has 0 saturated heterocycles. The number of hydrogen-bond acceptors (Lipinski definition) is 8. The molecule has 0 aliphatic heterocycles. The topological polar surface area (TPSA) is 102 Å². The van der Waals surface area contributed by atoms with E-state index in [-0.39, 0.29) is 12.5 Å². The van der Waals surface area contributed by atoms with Crippen LogP contribution in [0.2, 0.25) is 0 Å². The molecule has 2 heterocycles. The summed E-state index contributed by atoms with van der Waals surface area (Å²) in [5.74, 6) is 5.86. The first-order chi connectivity index (χ1) is 9.17. The minimum absolute atomic E-state index is 0.0456. The molecule has 2 aromatic rings. The van der Waals surface area contributed by atoms with E-state index in [9.17, 15) is 4.79 Å². The summed E-state index contributed by atoms with van der Waals surface area (Å²) in [7, 11) is 1.34. The van der Waals surface area contributed by atoms with Crippen LogP contribution in [0.3, 0.4) is 0 Å². The Balaban J connectivity index is 2.38. The number of nitrogens with two attached hydrogens (primary N) is 1. The predicted molar refractivity (Wildman–Crippen MR) is 75.1 cm³/mol. The van der Waals surface area contributed by atoms with Gasteiger partial charge in [0.2, 0.25) is 5.95 Å². The number of anilines is 2. The molecule has 19 heavy (non-hydrogen) atoms. The standard InChI is InChI=1S/C11H15N5O2S/c1-3-6-4-7-9(13-5-8(17)18-2)14-11(16-12)15-10(7)19-6/h4H,3,5,12H2,1-2H3,(H2,13,14,15,16). The zero-order valence-corrected chi connectivity index (χ0v) is 11.5. The number of aryl methyl sites for hydroxylation is 1. The van der Waals surface area contributed by atoms with Gasteiger partial charge in [-0.2, -0.15) is 4.98 Å². The molecular formula is C11H15N5O2S. The first kappa shape index (κ1) is 13.5. The van der Waals surface area contributed by atoms with Gasteiger partial charge in [-0.05, 0) is 12.5 Å². The number of esters is 1. The van der Waals surface area contributed by atoms with Gasteiger partial charge in [0.05, 0.1) is 12.5 Å². The molecule has 2 rings (SSSR count). The van der Waals surface area contributed by atoms with E-state index in [1.165, 1.54) is 12.0 Å². The Morgan fingerprint density at radius 3 is 2.95 bits per heavy atom. The fraction of sp³-hybridized carbons (Fsp3) is 0.364. The second kappa shape index (κ2) is 5.81. The minimum atomic E-state index is -0.361. The third-order valence-corrected chi connectivity index (χ3v) is 3.72. The van der Waals surface area contributed by atoms with Gasteiger partial charge < -0.3 is 10.1 Å². The summed E-state index contributed by atoms with van der Waals surface area (Å²) in [5, 5.41) is 3.82. The molecule has 4 N–H and O–H groups in total. The highest BCUT2D eigenvalue weighted by Crippen LogP contribution is 2.30. The van der Waals surface area contributed by atoms with Crippen LogP contribution in [-0.2, 0) is 16.0 Å². The van der Waals surface area contributed by atoms with Gasteiger partial charge in [-0.25, -0.2) is 10.8 Å². The summed E-state index contributed by atoms with van der Waals surface area (Å²) >= 11 is 1.58. The van der Waals surface area contributed by atoms with Gasteiger partial charge >= 0.3 is 5.97 Å². The molecule has 0 aliphatic rings. The molecule has 0 aliphatic carbocycles. The number of methoxy groups -OCH3 is 1. The first-order valence-electron chi connectivity index (χ1n) is 5.75. The molecule has 8 heteroatoms. The van der Waals surface area contributed by atoms with E-state index in [1.54, 1.807) is 11.3 Å². The van der Waals surface area contributed by atoms with E-state index in [1.807, 2.05) is 6.07 Å². The predicted octanol–water partition coefficient (Wildman–Crippen LogP) is 1.12. The van der Waals surface area contributed by atoms with Crippen molar-refractivity contribution in [1.82, 2.24) is 9.97 Å². The second-order valence-electron chi connectivity index (χ2n) is 3.75. The highest BCUT2D eigenvalue weighted by Gasteiger charge is 2.12. The number of rotatable bonds is 5. The van der Waals surface area contributed by atoms with Gasteiger partial charge in [0, 0.05) is 4.88 Å². The number of nitrogens with one attached hydrogen (secondary N) is 2. The van der Waals surface area contributed by atoms with Crippen LogP contribution >= 0.6 is 11.3 Å². The molecule has 0 unspecified atom stereocenters. The second-order valence-corrected chi connectivity index (χ2v) is 4.87. The van der Waals surface area contributed by atoms with Crippen molar-refractivity contribution in [2.24, 2.45) is 5.84 Å². The van der Waals surface area contributed by atoms with Crippen LogP contribution in [-0.4, -0.2) is 29.6 Å². The first-order valence-corrected chi connectivity index (χ1v) is 6.57. The lowest BCUT2D eigenvalue weighted by atomic mass is 10.3. The summed E-state index contributed by atoms with van der Waals surface area (Å²) in [6.07, 6.45) is 0.919. The van der Waals surface area contributed by atoms with Crippen LogP contribution in [0.15, 0.2) is 6.07 Å². The Kier molecular flexibility index (Phi) is 4.13. The van der Waals surface area contributed by atoms with Crippen LogP contribution in [0, 0.1) is 0 Å². The number of hydrazine groups is 1. The van der Waals surface area contributed by atoms with Gasteiger partial charge in [-0.15, -0.1) is 11.3 Å². The number of carbonyl (C=O) groups excluding carboxylic acids is 1. The number of thiophene rings is 1. The monoisotopic (exact) mass is 281 g/mol. The van der Waals surface area contributed by atoms with E-state index in [0.29, 0.717) is 11.8 Å². The third-order valence-electron chi connectivity index (χ3n) is 2.55. The van der Waals surface area contributed by atoms with E-state index < -0.39 is 0 Å². The van der Waals surface area contributed by atoms with Crippen molar-refractivity contribution in [3.63, 3.8) is 0 Å². The zero-order chi connectivity index (χ0) is 13.8. The molecule has 0 atom stereocenters. The van der Waals surface area contributed by atoms with Crippen molar-refractivity contribution in [2.75, 3.05) is 24.4 Å². The van der Waals surface area contributed by atoms with Crippen molar-refractivity contribution in [2.45, 2.75) is 13.3 Å². The van der Waals surface area contributed by atoms with Gasteiger partial charge in [-0.3, -0.25) is 10.2 Å².